The Morgan fingerprint density at radius 1 is 1.42 bits per heavy atom. The Morgan fingerprint density at radius 2 is 2.16 bits per heavy atom. The number of aromatic nitrogens is 1. The molecule has 1 aromatic carbocycles. The van der Waals surface area contributed by atoms with Gasteiger partial charge in [0, 0.05) is 18.1 Å². The number of sulfonamides is 1. The standard InChI is InChI=1S/C12H15N3O2S2/c1-9-5-10(13)3-4-12(9)19(16,17)15(2)6-11-7-18-8-14-11/h3-5,7-8H,6,13H2,1-2H3. The first-order chi connectivity index (χ1) is 8.91. The molecule has 0 spiro atoms. The molecule has 0 atom stereocenters. The molecule has 0 aliphatic heterocycles. The van der Waals surface area contributed by atoms with Crippen LogP contribution in [0.5, 0.6) is 0 Å². The molecular weight excluding hydrogens is 282 g/mol. The molecule has 0 fully saturated rings. The number of benzene rings is 1. The highest BCUT2D eigenvalue weighted by molar-refractivity contribution is 7.89. The van der Waals surface area contributed by atoms with Crippen molar-refractivity contribution in [2.75, 3.05) is 12.8 Å². The molecule has 0 amide bonds. The first-order valence-corrected chi connectivity index (χ1v) is 7.99. The van der Waals surface area contributed by atoms with Crippen LogP contribution in [0.4, 0.5) is 5.69 Å². The van der Waals surface area contributed by atoms with E-state index in [0.717, 1.165) is 5.69 Å². The summed E-state index contributed by atoms with van der Waals surface area (Å²) >= 11 is 1.44. The van der Waals surface area contributed by atoms with Crippen molar-refractivity contribution in [2.45, 2.75) is 18.4 Å². The zero-order valence-corrected chi connectivity index (χ0v) is 12.3. The van der Waals surface area contributed by atoms with Gasteiger partial charge in [0.15, 0.2) is 0 Å². The van der Waals surface area contributed by atoms with Gasteiger partial charge in [0.2, 0.25) is 10.0 Å². The van der Waals surface area contributed by atoms with Crippen molar-refractivity contribution in [3.63, 3.8) is 0 Å². The minimum Gasteiger partial charge on any atom is -0.399 e. The molecule has 2 rings (SSSR count). The van der Waals surface area contributed by atoms with E-state index in [9.17, 15) is 8.42 Å². The number of hydrogen-bond acceptors (Lipinski definition) is 5. The van der Waals surface area contributed by atoms with Gasteiger partial charge in [-0.05, 0) is 30.7 Å². The molecule has 0 saturated carbocycles. The van der Waals surface area contributed by atoms with E-state index in [1.54, 1.807) is 31.6 Å². The lowest BCUT2D eigenvalue weighted by Crippen LogP contribution is -2.27. The average molecular weight is 297 g/mol. The molecule has 0 aliphatic rings. The second-order valence-electron chi connectivity index (χ2n) is 4.27. The zero-order chi connectivity index (χ0) is 14.0. The van der Waals surface area contributed by atoms with Crippen molar-refractivity contribution < 1.29 is 8.42 Å². The van der Waals surface area contributed by atoms with Gasteiger partial charge in [-0.2, -0.15) is 4.31 Å². The SMILES string of the molecule is Cc1cc(N)ccc1S(=O)(=O)N(C)Cc1cscn1. The molecule has 0 bridgehead atoms. The van der Waals surface area contributed by atoms with E-state index in [4.69, 9.17) is 5.73 Å². The summed E-state index contributed by atoms with van der Waals surface area (Å²) in [5.74, 6) is 0. The highest BCUT2D eigenvalue weighted by Crippen LogP contribution is 2.22. The number of hydrogen-bond donors (Lipinski definition) is 1. The molecule has 0 radical (unpaired) electrons. The molecule has 1 aromatic heterocycles. The van der Waals surface area contributed by atoms with Gasteiger partial charge >= 0.3 is 0 Å². The Morgan fingerprint density at radius 3 is 2.74 bits per heavy atom. The highest BCUT2D eigenvalue weighted by atomic mass is 32.2. The number of thiazole rings is 1. The smallest absolute Gasteiger partial charge is 0.243 e. The number of nitrogen functional groups attached to an aromatic ring is 1. The number of nitrogens with zero attached hydrogens (tertiary/aromatic N) is 2. The summed E-state index contributed by atoms with van der Waals surface area (Å²) in [4.78, 5) is 4.37. The molecular formula is C12H15N3O2S2. The molecule has 0 saturated heterocycles. The van der Waals surface area contributed by atoms with Crippen molar-refractivity contribution >= 4 is 27.0 Å². The maximum absolute atomic E-state index is 12.5. The summed E-state index contributed by atoms with van der Waals surface area (Å²) < 4.78 is 26.2. The Balaban J connectivity index is 2.31. The van der Waals surface area contributed by atoms with E-state index in [1.807, 2.05) is 5.38 Å². The Kier molecular flexibility index (Phi) is 3.88. The van der Waals surface area contributed by atoms with Crippen LogP contribution < -0.4 is 5.73 Å². The second kappa shape index (κ2) is 5.28. The maximum Gasteiger partial charge on any atom is 0.243 e. The lowest BCUT2D eigenvalue weighted by molar-refractivity contribution is 0.462. The molecule has 7 heteroatoms. The number of nitrogens with two attached hydrogens (primary N) is 1. The zero-order valence-electron chi connectivity index (χ0n) is 10.7. The van der Waals surface area contributed by atoms with Gasteiger partial charge in [0.1, 0.15) is 0 Å². The van der Waals surface area contributed by atoms with Crippen LogP contribution in [0.2, 0.25) is 0 Å². The summed E-state index contributed by atoms with van der Waals surface area (Å²) in [5.41, 5.74) is 9.26. The summed E-state index contributed by atoms with van der Waals surface area (Å²) in [6.07, 6.45) is 0. The maximum atomic E-state index is 12.5. The second-order valence-corrected chi connectivity index (χ2v) is 7.00. The molecule has 102 valence electrons. The third kappa shape index (κ3) is 2.94. The van der Waals surface area contributed by atoms with Crippen LogP contribution in [0.15, 0.2) is 34.0 Å². The molecule has 5 nitrogen and oxygen atoms in total. The minimum atomic E-state index is -3.52. The number of rotatable bonds is 4. The number of anilines is 1. The summed E-state index contributed by atoms with van der Waals surface area (Å²) in [6, 6.07) is 4.79. The van der Waals surface area contributed by atoms with Gasteiger partial charge in [-0.1, -0.05) is 0 Å². The third-order valence-electron chi connectivity index (χ3n) is 2.76. The van der Waals surface area contributed by atoms with Crippen LogP contribution in [-0.2, 0) is 16.6 Å². The topological polar surface area (TPSA) is 76.3 Å². The van der Waals surface area contributed by atoms with Crippen molar-refractivity contribution in [1.82, 2.24) is 9.29 Å². The van der Waals surface area contributed by atoms with Gasteiger partial charge in [-0.25, -0.2) is 13.4 Å². The summed E-state index contributed by atoms with van der Waals surface area (Å²) in [6.45, 7) is 2.00. The van der Waals surface area contributed by atoms with Crippen LogP contribution in [-0.4, -0.2) is 24.8 Å². The Bertz CT molecular complexity index is 666. The van der Waals surface area contributed by atoms with Crippen LogP contribution in [0.25, 0.3) is 0 Å². The summed E-state index contributed by atoms with van der Waals surface area (Å²) in [5, 5.41) is 1.84. The molecule has 19 heavy (non-hydrogen) atoms. The predicted octanol–water partition coefficient (Wildman–Crippen LogP) is 1.85. The van der Waals surface area contributed by atoms with Gasteiger partial charge < -0.3 is 5.73 Å². The first-order valence-electron chi connectivity index (χ1n) is 5.61. The normalized spacial score (nSPS) is 11.9. The van der Waals surface area contributed by atoms with E-state index >= 15 is 0 Å². The fraction of sp³-hybridized carbons (Fsp3) is 0.250. The lowest BCUT2D eigenvalue weighted by atomic mass is 10.2. The van der Waals surface area contributed by atoms with E-state index < -0.39 is 10.0 Å². The van der Waals surface area contributed by atoms with E-state index in [-0.39, 0.29) is 11.4 Å². The first kappa shape index (κ1) is 14.0. The lowest BCUT2D eigenvalue weighted by Gasteiger charge is -2.17. The van der Waals surface area contributed by atoms with Crippen LogP contribution >= 0.6 is 11.3 Å². The van der Waals surface area contributed by atoms with Crippen LogP contribution in [0.3, 0.4) is 0 Å². The minimum absolute atomic E-state index is 0.260. The average Bonchev–Trinajstić information content (AvgIpc) is 2.81. The molecule has 1 heterocycles. The van der Waals surface area contributed by atoms with Crippen molar-refractivity contribution in [2.24, 2.45) is 0 Å². The van der Waals surface area contributed by atoms with E-state index in [1.165, 1.54) is 21.7 Å². The molecule has 0 aliphatic carbocycles. The van der Waals surface area contributed by atoms with Crippen molar-refractivity contribution in [3.05, 3.63) is 40.3 Å². The van der Waals surface area contributed by atoms with Crippen LogP contribution in [0.1, 0.15) is 11.3 Å². The van der Waals surface area contributed by atoms with E-state index in [2.05, 4.69) is 4.98 Å². The van der Waals surface area contributed by atoms with Gasteiger partial charge in [-0.3, -0.25) is 0 Å². The van der Waals surface area contributed by atoms with Gasteiger partial charge in [0.05, 0.1) is 22.6 Å². The Labute approximate surface area is 116 Å². The van der Waals surface area contributed by atoms with E-state index in [0.29, 0.717) is 11.3 Å². The van der Waals surface area contributed by atoms with Crippen molar-refractivity contribution in [3.8, 4) is 0 Å². The molecule has 0 unspecified atom stereocenters. The van der Waals surface area contributed by atoms with Crippen molar-refractivity contribution in [1.29, 1.82) is 0 Å². The quantitative estimate of drug-likeness (QED) is 0.874. The molecule has 2 aromatic rings. The monoisotopic (exact) mass is 297 g/mol. The fourth-order valence-corrected chi connectivity index (χ4v) is 3.65. The largest absolute Gasteiger partial charge is 0.399 e. The third-order valence-corrected chi connectivity index (χ3v) is 5.35. The molecule has 2 N–H and O–H groups in total. The summed E-state index contributed by atoms with van der Waals surface area (Å²) in [7, 11) is -1.97. The Hall–Kier alpha value is -1.44. The number of aryl methyl sites for hydroxylation is 1. The van der Waals surface area contributed by atoms with Crippen LogP contribution in [0, 0.1) is 6.92 Å². The highest BCUT2D eigenvalue weighted by Gasteiger charge is 2.23. The van der Waals surface area contributed by atoms with Gasteiger partial charge in [0.25, 0.3) is 0 Å². The predicted molar refractivity (Wildman–Crippen MR) is 76.4 cm³/mol. The van der Waals surface area contributed by atoms with Gasteiger partial charge in [-0.15, -0.1) is 11.3 Å². The fourth-order valence-electron chi connectivity index (χ4n) is 1.76.